The van der Waals surface area contributed by atoms with E-state index in [9.17, 15) is 0 Å². The Labute approximate surface area is 338 Å². The smallest absolute Gasteiger partial charge is 0.145 e. The summed E-state index contributed by atoms with van der Waals surface area (Å²) in [7, 11) is 0. The van der Waals surface area contributed by atoms with Crippen molar-refractivity contribution >= 4 is 94.0 Å². The molecule has 0 fully saturated rings. The van der Waals surface area contributed by atoms with Crippen LogP contribution in [0.1, 0.15) is 29.2 Å². The van der Waals surface area contributed by atoms with Crippen LogP contribution in [-0.2, 0) is 6.42 Å². The molecule has 278 valence electrons. The number of rotatable bonds is 3. The highest BCUT2D eigenvalue weighted by Gasteiger charge is 2.40. The Balaban J connectivity index is 0.986. The zero-order valence-corrected chi connectivity index (χ0v) is 32.0. The van der Waals surface area contributed by atoms with Crippen molar-refractivity contribution in [3.05, 3.63) is 187 Å². The number of fused-ring (bicyclic) bond motifs is 17. The van der Waals surface area contributed by atoms with E-state index < -0.39 is 0 Å². The van der Waals surface area contributed by atoms with Crippen molar-refractivity contribution in [1.29, 1.82) is 0 Å². The van der Waals surface area contributed by atoms with Crippen LogP contribution in [-0.4, -0.2) is 15.2 Å². The Hall–Kier alpha value is -7.50. The maximum Gasteiger partial charge on any atom is 0.145 e. The fraction of sp³-hybridized carbons (Fsp3) is 0.0741. The van der Waals surface area contributed by atoms with Crippen molar-refractivity contribution in [2.75, 3.05) is 4.90 Å². The van der Waals surface area contributed by atoms with E-state index in [1.54, 1.807) is 0 Å². The summed E-state index contributed by atoms with van der Waals surface area (Å²) < 4.78 is 18.4. The van der Waals surface area contributed by atoms with E-state index in [0.29, 0.717) is 0 Å². The summed E-state index contributed by atoms with van der Waals surface area (Å²) in [5.41, 5.74) is 14.6. The van der Waals surface area contributed by atoms with E-state index in [2.05, 4.69) is 190 Å². The fourth-order valence-corrected chi connectivity index (χ4v) is 10.8. The van der Waals surface area contributed by atoms with Gasteiger partial charge in [-0.1, -0.05) is 91.1 Å². The number of aryl methyl sites for hydroxylation is 1. The third kappa shape index (κ3) is 4.18. The summed E-state index contributed by atoms with van der Waals surface area (Å²) in [6.45, 7) is 0. The van der Waals surface area contributed by atoms with E-state index in [1.165, 1.54) is 55.1 Å². The number of allylic oxidation sites excluding steroid dienone is 3. The van der Waals surface area contributed by atoms with Gasteiger partial charge in [-0.3, -0.25) is 0 Å². The van der Waals surface area contributed by atoms with Gasteiger partial charge in [-0.15, -0.1) is 0 Å². The Morgan fingerprint density at radius 2 is 1.22 bits per heavy atom. The highest BCUT2D eigenvalue weighted by molar-refractivity contribution is 6.24. The minimum atomic E-state index is 0.134. The van der Waals surface area contributed by atoms with Gasteiger partial charge in [0.05, 0.1) is 33.5 Å². The van der Waals surface area contributed by atoms with Crippen LogP contribution in [0.25, 0.3) is 94.0 Å². The molecule has 0 saturated heterocycles. The van der Waals surface area contributed by atoms with E-state index in [1.807, 2.05) is 0 Å². The molecule has 2 unspecified atom stereocenters. The van der Waals surface area contributed by atoms with Gasteiger partial charge in [0.25, 0.3) is 0 Å². The molecule has 0 radical (unpaired) electrons. The molecule has 2 aliphatic carbocycles. The first-order valence-electron chi connectivity index (χ1n) is 20.6. The average molecular weight is 758 g/mol. The lowest BCUT2D eigenvalue weighted by Crippen LogP contribution is -2.28. The molecule has 0 spiro atoms. The molecule has 11 aromatic rings. The molecule has 7 aromatic carbocycles. The molecular formula is C54H35N3O2. The number of para-hydroxylation sites is 3. The lowest BCUT2D eigenvalue weighted by atomic mass is 9.90. The maximum absolute atomic E-state index is 7.29. The normalized spacial score (nSPS) is 17.1. The van der Waals surface area contributed by atoms with Gasteiger partial charge in [-0.25, -0.2) is 0 Å². The van der Waals surface area contributed by atoms with Crippen molar-refractivity contribution in [3.8, 4) is 11.4 Å². The van der Waals surface area contributed by atoms with Crippen LogP contribution in [0.5, 0.6) is 0 Å². The molecule has 0 amide bonds. The monoisotopic (exact) mass is 757 g/mol. The number of aromatic nitrogens is 2. The molecule has 2 atom stereocenters. The predicted molar refractivity (Wildman–Crippen MR) is 243 cm³/mol. The van der Waals surface area contributed by atoms with Crippen LogP contribution in [0.4, 0.5) is 11.4 Å². The first-order valence-corrected chi connectivity index (χ1v) is 20.6. The molecule has 4 aromatic heterocycles. The molecule has 3 aliphatic rings. The van der Waals surface area contributed by atoms with Gasteiger partial charge in [-0.2, -0.15) is 0 Å². The molecule has 0 bridgehead atoms. The molecule has 5 heterocycles. The van der Waals surface area contributed by atoms with Crippen molar-refractivity contribution in [2.45, 2.75) is 24.8 Å². The number of hydrogen-bond acceptors (Lipinski definition) is 3. The van der Waals surface area contributed by atoms with Crippen molar-refractivity contribution in [3.63, 3.8) is 0 Å². The van der Waals surface area contributed by atoms with Crippen LogP contribution in [0.2, 0.25) is 0 Å². The minimum Gasteiger partial charge on any atom is -0.460 e. The summed E-state index contributed by atoms with van der Waals surface area (Å²) in [5.74, 6) is 1.24. The Kier molecular flexibility index (Phi) is 6.18. The van der Waals surface area contributed by atoms with E-state index in [4.69, 9.17) is 8.83 Å². The molecular weight excluding hydrogens is 723 g/mol. The second-order valence-electron chi connectivity index (χ2n) is 16.3. The Bertz CT molecular complexity index is 3700. The molecule has 5 heteroatoms. The van der Waals surface area contributed by atoms with E-state index in [0.717, 1.165) is 73.9 Å². The fourth-order valence-electron chi connectivity index (χ4n) is 10.8. The van der Waals surface area contributed by atoms with Gasteiger partial charge in [0.15, 0.2) is 0 Å². The molecule has 0 N–H and O–H groups in total. The van der Waals surface area contributed by atoms with Crippen LogP contribution >= 0.6 is 0 Å². The van der Waals surface area contributed by atoms with E-state index in [-0.39, 0.29) is 12.0 Å². The largest absolute Gasteiger partial charge is 0.460 e. The molecule has 1 aliphatic heterocycles. The molecule has 0 saturated carbocycles. The number of nitrogens with zero attached hydrogens (tertiary/aromatic N) is 3. The zero-order chi connectivity index (χ0) is 38.3. The number of hydrogen-bond donors (Lipinski definition) is 0. The number of furan rings is 2. The van der Waals surface area contributed by atoms with Crippen LogP contribution in [0.3, 0.4) is 0 Å². The third-order valence-electron chi connectivity index (χ3n) is 13.3. The first-order chi connectivity index (χ1) is 29.3. The van der Waals surface area contributed by atoms with Gasteiger partial charge in [-0.05, 0) is 91.3 Å². The van der Waals surface area contributed by atoms with E-state index >= 15 is 0 Å². The summed E-state index contributed by atoms with van der Waals surface area (Å²) in [6, 6.07) is 51.1. The number of anilines is 2. The quantitative estimate of drug-likeness (QED) is 0.180. The summed E-state index contributed by atoms with van der Waals surface area (Å²) >= 11 is 0. The molecule has 59 heavy (non-hydrogen) atoms. The summed E-state index contributed by atoms with van der Waals surface area (Å²) in [4.78, 5) is 2.50. The highest BCUT2D eigenvalue weighted by Crippen LogP contribution is 2.53. The summed E-state index contributed by atoms with van der Waals surface area (Å²) in [6.07, 6.45) is 15.5. The lowest BCUT2D eigenvalue weighted by molar-refractivity contribution is 0.546. The van der Waals surface area contributed by atoms with Gasteiger partial charge >= 0.3 is 0 Å². The zero-order valence-electron chi connectivity index (χ0n) is 32.0. The third-order valence-corrected chi connectivity index (χ3v) is 13.3. The van der Waals surface area contributed by atoms with Crippen molar-refractivity contribution in [2.24, 2.45) is 0 Å². The molecule has 5 nitrogen and oxygen atoms in total. The minimum absolute atomic E-state index is 0.134. The Morgan fingerprint density at radius 1 is 0.508 bits per heavy atom. The Morgan fingerprint density at radius 3 is 2.14 bits per heavy atom. The maximum atomic E-state index is 7.29. The van der Waals surface area contributed by atoms with Crippen LogP contribution in [0.15, 0.2) is 179 Å². The van der Waals surface area contributed by atoms with Gasteiger partial charge in [0.1, 0.15) is 22.5 Å². The predicted octanol–water partition coefficient (Wildman–Crippen LogP) is 14.2. The van der Waals surface area contributed by atoms with Gasteiger partial charge in [0.2, 0.25) is 0 Å². The first kappa shape index (κ1) is 31.6. The topological polar surface area (TPSA) is 39.4 Å². The van der Waals surface area contributed by atoms with Crippen molar-refractivity contribution in [1.82, 2.24) is 9.13 Å². The van der Waals surface area contributed by atoms with Gasteiger partial charge < -0.3 is 22.9 Å². The standard InChI is InChI=1S/C54H35N3O2/c1-2-12-32(13-3-1)55-43-18-8-4-14-35(43)41-30-33(22-26-46(41)55)56-44-19-9-5-16-39(44)51-47(56)27-24-37-38-25-28-48-52(54(38)59-53(37)51)40-17-6-10-20-45(40)57(48)34-23-29-50-42(31-34)36-15-7-11-21-49(36)58-50/h1-10,12-20,22-31,40,45H,11,21H2. The van der Waals surface area contributed by atoms with Crippen LogP contribution < -0.4 is 4.90 Å². The highest BCUT2D eigenvalue weighted by atomic mass is 16.3. The van der Waals surface area contributed by atoms with Gasteiger partial charge in [0, 0.05) is 78.5 Å². The molecule has 14 rings (SSSR count). The average Bonchev–Trinajstić information content (AvgIpc) is 4.09. The second-order valence-corrected chi connectivity index (χ2v) is 16.3. The second kappa shape index (κ2) is 11.6. The summed E-state index contributed by atoms with van der Waals surface area (Å²) in [5, 5.41) is 8.26. The lowest BCUT2D eigenvalue weighted by Gasteiger charge is -2.28. The SMILES string of the molecule is C1=CC2c3c(ccc4c3oc3c4ccc4c3c3ccccc3n4-c3ccc4c(c3)c3ccccc3n4-c3ccccc3)N(c3ccc4oc5c(c4c3)C=CCC5)C2C=C1. The van der Waals surface area contributed by atoms with Crippen molar-refractivity contribution < 1.29 is 8.83 Å². The van der Waals surface area contributed by atoms with Crippen LogP contribution in [0, 0.1) is 0 Å². The number of benzene rings is 7.